The molecule has 0 saturated carbocycles. The largest absolute Gasteiger partial charge is 0.453 e. The van der Waals surface area contributed by atoms with Gasteiger partial charge in [-0.1, -0.05) is 0 Å². The summed E-state index contributed by atoms with van der Waals surface area (Å²) in [5.41, 5.74) is -0.403. The zero-order valence-corrected chi connectivity index (χ0v) is 8.18. The van der Waals surface area contributed by atoms with Crippen molar-refractivity contribution in [2.75, 3.05) is 6.61 Å². The zero-order valence-electron chi connectivity index (χ0n) is 8.18. The van der Waals surface area contributed by atoms with Crippen LogP contribution in [0.15, 0.2) is 17.1 Å². The number of nitrogens with zero attached hydrogens (tertiary/aromatic N) is 2. The van der Waals surface area contributed by atoms with E-state index < -0.39 is 30.1 Å². The Hall–Kier alpha value is -1.44. The second-order valence-corrected chi connectivity index (χ2v) is 3.78. The Balaban J connectivity index is 1.99. The molecular weight excluding hydrogens is 216 g/mol. The molecule has 0 amide bonds. The molecule has 0 spiro atoms. The van der Waals surface area contributed by atoms with Gasteiger partial charge in [-0.2, -0.15) is 4.98 Å². The van der Waals surface area contributed by atoms with Crippen molar-refractivity contribution in [3.05, 3.63) is 22.6 Å². The van der Waals surface area contributed by atoms with Gasteiger partial charge in [0, 0.05) is 12.3 Å². The first-order valence-electron chi connectivity index (χ1n) is 4.91. The van der Waals surface area contributed by atoms with Crippen molar-refractivity contribution in [3.63, 3.8) is 0 Å². The van der Waals surface area contributed by atoms with Gasteiger partial charge in [-0.05, 0) is 0 Å². The first-order valence-corrected chi connectivity index (χ1v) is 4.91. The summed E-state index contributed by atoms with van der Waals surface area (Å²) in [5, 5.41) is 18.7. The van der Waals surface area contributed by atoms with Crippen LogP contribution in [0.1, 0.15) is 6.23 Å². The highest BCUT2D eigenvalue weighted by molar-refractivity contribution is 5.10. The van der Waals surface area contributed by atoms with Crippen molar-refractivity contribution in [1.82, 2.24) is 9.55 Å². The molecule has 86 valence electrons. The van der Waals surface area contributed by atoms with Gasteiger partial charge >= 0.3 is 6.01 Å². The van der Waals surface area contributed by atoms with E-state index in [1.807, 2.05) is 0 Å². The fourth-order valence-corrected chi connectivity index (χ4v) is 2.02. The summed E-state index contributed by atoms with van der Waals surface area (Å²) in [4.78, 5) is 14.7. The van der Waals surface area contributed by atoms with Crippen molar-refractivity contribution in [1.29, 1.82) is 0 Å². The maximum Gasteiger partial charge on any atom is 0.302 e. The summed E-state index contributed by atoms with van der Waals surface area (Å²) < 4.78 is 12.3. The Morgan fingerprint density at radius 1 is 1.56 bits per heavy atom. The number of aliphatic hydroxyl groups is 2. The van der Waals surface area contributed by atoms with Gasteiger partial charge in [0.25, 0.3) is 5.56 Å². The molecule has 7 heteroatoms. The zero-order chi connectivity index (χ0) is 11.3. The van der Waals surface area contributed by atoms with E-state index in [0.717, 1.165) is 0 Å². The lowest BCUT2D eigenvalue weighted by Crippen LogP contribution is -2.34. The molecule has 2 aliphatic heterocycles. The van der Waals surface area contributed by atoms with Gasteiger partial charge in [-0.15, -0.1) is 0 Å². The van der Waals surface area contributed by atoms with Crippen LogP contribution in [0.5, 0.6) is 6.01 Å². The summed E-state index contributed by atoms with van der Waals surface area (Å²) in [7, 11) is 0. The molecule has 0 radical (unpaired) electrons. The molecule has 7 nitrogen and oxygen atoms in total. The van der Waals surface area contributed by atoms with Crippen LogP contribution in [-0.2, 0) is 4.74 Å². The minimum absolute atomic E-state index is 0.137. The number of aliphatic hydroxyl groups excluding tert-OH is 2. The topological polar surface area (TPSA) is 93.8 Å². The molecule has 0 aromatic carbocycles. The van der Waals surface area contributed by atoms with Crippen LogP contribution in [0.25, 0.3) is 0 Å². The van der Waals surface area contributed by atoms with E-state index in [4.69, 9.17) is 14.6 Å². The van der Waals surface area contributed by atoms with E-state index in [0.29, 0.717) is 0 Å². The molecule has 3 heterocycles. The van der Waals surface area contributed by atoms with E-state index in [2.05, 4.69) is 4.98 Å². The third-order valence-corrected chi connectivity index (χ3v) is 2.81. The van der Waals surface area contributed by atoms with E-state index >= 15 is 0 Å². The molecule has 4 atom stereocenters. The summed E-state index contributed by atoms with van der Waals surface area (Å²) in [5.74, 6) is 0. The van der Waals surface area contributed by atoms with Gasteiger partial charge in [0.05, 0.1) is 6.61 Å². The first kappa shape index (κ1) is 9.76. The van der Waals surface area contributed by atoms with E-state index in [1.54, 1.807) is 0 Å². The molecule has 1 aromatic heterocycles. The van der Waals surface area contributed by atoms with E-state index in [9.17, 15) is 9.90 Å². The van der Waals surface area contributed by atoms with Crippen molar-refractivity contribution in [2.24, 2.45) is 0 Å². The van der Waals surface area contributed by atoms with E-state index in [-0.39, 0.29) is 12.6 Å². The fraction of sp³-hybridized carbons (Fsp3) is 0.556. The van der Waals surface area contributed by atoms with Crippen molar-refractivity contribution in [3.8, 4) is 6.01 Å². The molecule has 16 heavy (non-hydrogen) atoms. The molecular formula is C9H10N2O5. The maximum atomic E-state index is 11.0. The average Bonchev–Trinajstić information content (AvgIpc) is 2.75. The second-order valence-electron chi connectivity index (χ2n) is 3.78. The highest BCUT2D eigenvalue weighted by Crippen LogP contribution is 2.38. The maximum absolute atomic E-state index is 11.0. The average molecular weight is 226 g/mol. The monoisotopic (exact) mass is 226 g/mol. The van der Waals surface area contributed by atoms with Gasteiger partial charge < -0.3 is 19.7 Å². The van der Waals surface area contributed by atoms with Crippen LogP contribution in [0, 0.1) is 0 Å². The molecule has 1 saturated heterocycles. The van der Waals surface area contributed by atoms with Crippen LogP contribution >= 0.6 is 0 Å². The SMILES string of the molecule is O=c1ccn2c(n1)OC1C2O[C@H](CO)[C@@H]1O. The molecule has 2 unspecified atom stereocenters. The van der Waals surface area contributed by atoms with Gasteiger partial charge in [-0.3, -0.25) is 9.36 Å². The van der Waals surface area contributed by atoms with Crippen LogP contribution in [0.2, 0.25) is 0 Å². The third-order valence-electron chi connectivity index (χ3n) is 2.81. The Labute approximate surface area is 89.9 Å². The molecule has 2 N–H and O–H groups in total. The van der Waals surface area contributed by atoms with Crippen molar-refractivity contribution in [2.45, 2.75) is 24.5 Å². The second kappa shape index (κ2) is 3.27. The molecule has 1 fully saturated rings. The summed E-state index contributed by atoms with van der Waals surface area (Å²) in [6.07, 6.45) is -1.24. The normalized spacial score (nSPS) is 35.6. The van der Waals surface area contributed by atoms with Crippen LogP contribution < -0.4 is 10.3 Å². The summed E-state index contributed by atoms with van der Waals surface area (Å²) in [6, 6.07) is 1.43. The van der Waals surface area contributed by atoms with Gasteiger partial charge in [0.2, 0.25) is 0 Å². The molecule has 0 bridgehead atoms. The lowest BCUT2D eigenvalue weighted by Gasteiger charge is -2.13. The molecule has 3 rings (SSSR count). The first-order chi connectivity index (χ1) is 7.70. The highest BCUT2D eigenvalue weighted by Gasteiger charge is 2.50. The standard InChI is InChI=1S/C9H10N2O5/c12-3-4-6(14)7-8(15-4)11-2-1-5(13)10-9(11)16-7/h1-2,4,6-8,12,14H,3H2/t4-,6+,7?,8?/m1/s1. The highest BCUT2D eigenvalue weighted by atomic mass is 16.6. The smallest absolute Gasteiger partial charge is 0.302 e. The Kier molecular flexibility index (Phi) is 2.00. The number of hydrogen-bond acceptors (Lipinski definition) is 6. The fourth-order valence-electron chi connectivity index (χ4n) is 2.02. The Bertz CT molecular complexity index is 473. The van der Waals surface area contributed by atoms with E-state index in [1.165, 1.54) is 16.8 Å². The van der Waals surface area contributed by atoms with Gasteiger partial charge in [0.15, 0.2) is 12.3 Å². The number of fused-ring (bicyclic) bond motifs is 3. The lowest BCUT2D eigenvalue weighted by molar-refractivity contribution is -0.0434. The Morgan fingerprint density at radius 2 is 2.38 bits per heavy atom. The number of aromatic nitrogens is 2. The Morgan fingerprint density at radius 3 is 3.12 bits per heavy atom. The minimum atomic E-state index is -0.924. The van der Waals surface area contributed by atoms with Gasteiger partial charge in [0.1, 0.15) is 12.2 Å². The predicted octanol–water partition coefficient (Wildman–Crippen LogP) is -1.75. The minimum Gasteiger partial charge on any atom is -0.453 e. The molecule has 1 aromatic rings. The van der Waals surface area contributed by atoms with Crippen LogP contribution in [0.4, 0.5) is 0 Å². The van der Waals surface area contributed by atoms with Crippen LogP contribution in [0.3, 0.4) is 0 Å². The summed E-state index contributed by atoms with van der Waals surface area (Å²) >= 11 is 0. The molecule has 0 aliphatic carbocycles. The van der Waals surface area contributed by atoms with Gasteiger partial charge in [-0.25, -0.2) is 0 Å². The molecule has 2 aliphatic rings. The van der Waals surface area contributed by atoms with Crippen molar-refractivity contribution >= 4 is 0 Å². The van der Waals surface area contributed by atoms with Crippen LogP contribution in [-0.4, -0.2) is 44.7 Å². The lowest BCUT2D eigenvalue weighted by atomic mass is 10.1. The number of rotatable bonds is 1. The third kappa shape index (κ3) is 1.19. The quantitative estimate of drug-likeness (QED) is 0.590. The number of hydrogen-bond donors (Lipinski definition) is 2. The predicted molar refractivity (Wildman–Crippen MR) is 49.9 cm³/mol. The van der Waals surface area contributed by atoms with Crippen molar-refractivity contribution < 1.29 is 19.7 Å². The summed E-state index contributed by atoms with van der Waals surface area (Å²) in [6.45, 7) is -0.277. The number of ether oxygens (including phenoxy) is 2.